The molecule has 0 bridgehead atoms. The van der Waals surface area contributed by atoms with E-state index in [1.54, 1.807) is 0 Å². The zero-order valence-corrected chi connectivity index (χ0v) is 11.5. The zero-order valence-electron chi connectivity index (χ0n) is 11.5. The van der Waals surface area contributed by atoms with Gasteiger partial charge in [-0.25, -0.2) is 0 Å². The maximum absolute atomic E-state index is 5.81. The molecule has 2 heterocycles. The lowest BCUT2D eigenvalue weighted by Gasteiger charge is -2.31. The largest absolute Gasteiger partial charge is 0.330 e. The van der Waals surface area contributed by atoms with Crippen molar-refractivity contribution in [1.82, 2.24) is 14.7 Å². The van der Waals surface area contributed by atoms with Crippen molar-refractivity contribution < 1.29 is 0 Å². The number of benzene rings is 1. The van der Waals surface area contributed by atoms with E-state index < -0.39 is 0 Å². The minimum Gasteiger partial charge on any atom is -0.330 e. The molecule has 1 fully saturated rings. The molecule has 102 valence electrons. The van der Waals surface area contributed by atoms with Gasteiger partial charge in [-0.15, -0.1) is 0 Å². The average Bonchev–Trinajstić information content (AvgIpc) is 2.76. The Balaban J connectivity index is 1.81. The summed E-state index contributed by atoms with van der Waals surface area (Å²) in [6.07, 6.45) is 2.53. The number of hydrogen-bond acceptors (Lipinski definition) is 3. The number of para-hydroxylation sites is 1. The third-order valence-electron chi connectivity index (χ3n) is 4.14. The summed E-state index contributed by atoms with van der Waals surface area (Å²) in [5, 5.41) is 5.96. The number of aryl methyl sites for hydroxylation is 1. The second kappa shape index (κ2) is 5.31. The van der Waals surface area contributed by atoms with E-state index in [1.165, 1.54) is 36.0 Å². The molecular weight excluding hydrogens is 236 g/mol. The Morgan fingerprint density at radius 1 is 1.37 bits per heavy atom. The molecule has 2 N–H and O–H groups in total. The van der Waals surface area contributed by atoms with Gasteiger partial charge < -0.3 is 5.73 Å². The highest BCUT2D eigenvalue weighted by atomic mass is 15.3. The fourth-order valence-electron chi connectivity index (χ4n) is 3.10. The molecule has 1 aliphatic rings. The molecule has 1 saturated heterocycles. The number of piperidine rings is 1. The van der Waals surface area contributed by atoms with Gasteiger partial charge in [0.2, 0.25) is 0 Å². The molecule has 0 spiro atoms. The zero-order chi connectivity index (χ0) is 13.2. The lowest BCUT2D eigenvalue weighted by molar-refractivity contribution is 0.169. The van der Waals surface area contributed by atoms with Crippen LogP contribution in [0.25, 0.3) is 10.9 Å². The van der Waals surface area contributed by atoms with Gasteiger partial charge in [-0.3, -0.25) is 9.58 Å². The van der Waals surface area contributed by atoms with Crippen LogP contribution in [0, 0.1) is 5.92 Å². The van der Waals surface area contributed by atoms with Crippen LogP contribution in [0.4, 0.5) is 0 Å². The summed E-state index contributed by atoms with van der Waals surface area (Å²) in [4.78, 5) is 2.50. The number of rotatable bonds is 3. The first-order valence-corrected chi connectivity index (χ1v) is 7.11. The van der Waals surface area contributed by atoms with Crippen LogP contribution in [-0.2, 0) is 13.6 Å². The molecule has 0 radical (unpaired) electrons. The van der Waals surface area contributed by atoms with Crippen molar-refractivity contribution in [2.75, 3.05) is 19.6 Å². The predicted molar refractivity (Wildman–Crippen MR) is 77.8 cm³/mol. The van der Waals surface area contributed by atoms with Gasteiger partial charge in [-0.1, -0.05) is 18.2 Å². The van der Waals surface area contributed by atoms with Gasteiger partial charge in [0.25, 0.3) is 0 Å². The molecule has 19 heavy (non-hydrogen) atoms. The van der Waals surface area contributed by atoms with E-state index in [0.29, 0.717) is 5.92 Å². The summed E-state index contributed by atoms with van der Waals surface area (Å²) >= 11 is 0. The van der Waals surface area contributed by atoms with E-state index in [1.807, 2.05) is 11.7 Å². The second-order valence-corrected chi connectivity index (χ2v) is 5.57. The normalized spacial score (nSPS) is 21.1. The van der Waals surface area contributed by atoms with Gasteiger partial charge >= 0.3 is 0 Å². The molecular formula is C15H22N4. The summed E-state index contributed by atoms with van der Waals surface area (Å²) in [6, 6.07) is 8.46. The van der Waals surface area contributed by atoms with Gasteiger partial charge in [0.1, 0.15) is 0 Å². The number of nitrogens with zero attached hydrogens (tertiary/aromatic N) is 3. The Kier molecular flexibility index (Phi) is 3.53. The summed E-state index contributed by atoms with van der Waals surface area (Å²) in [5.74, 6) is 0.656. The van der Waals surface area contributed by atoms with Crippen LogP contribution in [0.1, 0.15) is 18.5 Å². The molecule has 1 aromatic carbocycles. The quantitative estimate of drug-likeness (QED) is 0.912. The summed E-state index contributed by atoms with van der Waals surface area (Å²) < 4.78 is 1.98. The van der Waals surface area contributed by atoms with Crippen molar-refractivity contribution in [2.24, 2.45) is 18.7 Å². The second-order valence-electron chi connectivity index (χ2n) is 5.57. The lowest BCUT2D eigenvalue weighted by atomic mass is 9.98. The van der Waals surface area contributed by atoms with Gasteiger partial charge in [0.15, 0.2) is 0 Å². The maximum Gasteiger partial charge on any atom is 0.0843 e. The van der Waals surface area contributed by atoms with Crippen LogP contribution in [0.15, 0.2) is 24.3 Å². The standard InChI is InChI=1S/C15H22N4/c1-18-15-7-3-2-6-13(15)14(17-18)11-19-8-4-5-12(9-16)10-19/h2-3,6-7,12H,4-5,8-11,16H2,1H3. The topological polar surface area (TPSA) is 47.1 Å². The van der Waals surface area contributed by atoms with Crippen molar-refractivity contribution in [3.63, 3.8) is 0 Å². The Morgan fingerprint density at radius 2 is 2.21 bits per heavy atom. The SMILES string of the molecule is Cn1nc(CN2CCCC(CN)C2)c2ccccc21. The molecule has 2 aromatic rings. The van der Waals surface area contributed by atoms with Crippen LogP contribution in [0.2, 0.25) is 0 Å². The van der Waals surface area contributed by atoms with Crippen LogP contribution in [0.5, 0.6) is 0 Å². The van der Waals surface area contributed by atoms with Crippen molar-refractivity contribution in [2.45, 2.75) is 19.4 Å². The fourth-order valence-corrected chi connectivity index (χ4v) is 3.10. The molecule has 1 aromatic heterocycles. The minimum absolute atomic E-state index is 0.656. The number of fused-ring (bicyclic) bond motifs is 1. The molecule has 0 aliphatic carbocycles. The monoisotopic (exact) mass is 258 g/mol. The number of likely N-dealkylation sites (tertiary alicyclic amines) is 1. The van der Waals surface area contributed by atoms with E-state index in [0.717, 1.165) is 19.6 Å². The fraction of sp³-hybridized carbons (Fsp3) is 0.533. The number of aromatic nitrogens is 2. The Bertz CT molecular complexity index is 560. The van der Waals surface area contributed by atoms with Crippen molar-refractivity contribution in [3.05, 3.63) is 30.0 Å². The van der Waals surface area contributed by atoms with Crippen LogP contribution < -0.4 is 5.73 Å². The van der Waals surface area contributed by atoms with Crippen molar-refractivity contribution in [1.29, 1.82) is 0 Å². The van der Waals surface area contributed by atoms with Gasteiger partial charge in [-0.2, -0.15) is 5.10 Å². The molecule has 0 saturated carbocycles. The van der Waals surface area contributed by atoms with Gasteiger partial charge in [0, 0.05) is 25.5 Å². The highest BCUT2D eigenvalue weighted by Gasteiger charge is 2.20. The smallest absolute Gasteiger partial charge is 0.0843 e. The Morgan fingerprint density at radius 3 is 3.05 bits per heavy atom. The highest BCUT2D eigenvalue weighted by Crippen LogP contribution is 2.22. The summed E-state index contributed by atoms with van der Waals surface area (Å²) in [6.45, 7) is 4.03. The first-order chi connectivity index (χ1) is 9.28. The predicted octanol–water partition coefficient (Wildman–Crippen LogP) is 1.74. The van der Waals surface area contributed by atoms with Crippen molar-refractivity contribution >= 4 is 10.9 Å². The maximum atomic E-state index is 5.81. The first kappa shape index (κ1) is 12.6. The van der Waals surface area contributed by atoms with E-state index in [2.05, 4.69) is 34.3 Å². The van der Waals surface area contributed by atoms with Gasteiger partial charge in [0.05, 0.1) is 11.2 Å². The average molecular weight is 258 g/mol. The van der Waals surface area contributed by atoms with E-state index in [9.17, 15) is 0 Å². The number of hydrogen-bond donors (Lipinski definition) is 1. The summed E-state index contributed by atoms with van der Waals surface area (Å²) in [5.41, 5.74) is 8.21. The molecule has 1 atom stereocenters. The molecule has 1 aliphatic heterocycles. The third-order valence-corrected chi connectivity index (χ3v) is 4.14. The van der Waals surface area contributed by atoms with Crippen LogP contribution >= 0.6 is 0 Å². The van der Waals surface area contributed by atoms with E-state index >= 15 is 0 Å². The minimum atomic E-state index is 0.656. The summed E-state index contributed by atoms with van der Waals surface area (Å²) in [7, 11) is 2.02. The van der Waals surface area contributed by atoms with Crippen LogP contribution in [0.3, 0.4) is 0 Å². The van der Waals surface area contributed by atoms with Crippen LogP contribution in [-0.4, -0.2) is 34.3 Å². The molecule has 4 heteroatoms. The number of nitrogens with two attached hydrogens (primary N) is 1. The lowest BCUT2D eigenvalue weighted by Crippen LogP contribution is -2.37. The van der Waals surface area contributed by atoms with E-state index in [4.69, 9.17) is 5.73 Å². The highest BCUT2D eigenvalue weighted by molar-refractivity contribution is 5.81. The van der Waals surface area contributed by atoms with E-state index in [-0.39, 0.29) is 0 Å². The Labute approximate surface area is 114 Å². The molecule has 4 nitrogen and oxygen atoms in total. The first-order valence-electron chi connectivity index (χ1n) is 7.11. The molecule has 3 rings (SSSR count). The Hall–Kier alpha value is -1.39. The third kappa shape index (κ3) is 2.51. The molecule has 0 amide bonds. The van der Waals surface area contributed by atoms with Crippen molar-refractivity contribution in [3.8, 4) is 0 Å². The van der Waals surface area contributed by atoms with Gasteiger partial charge in [-0.05, 0) is 37.9 Å². The molecule has 1 unspecified atom stereocenters.